The van der Waals surface area contributed by atoms with Crippen LogP contribution in [0.4, 0.5) is 5.82 Å². The zero-order valence-electron chi connectivity index (χ0n) is 16.6. The van der Waals surface area contributed by atoms with E-state index >= 15 is 0 Å². The summed E-state index contributed by atoms with van der Waals surface area (Å²) in [5.74, 6) is 1.03. The Hall–Kier alpha value is -3.58. The number of hydrogen-bond donors (Lipinski definition) is 0. The summed E-state index contributed by atoms with van der Waals surface area (Å²) in [5.41, 5.74) is 4.69. The lowest BCUT2D eigenvalue weighted by atomic mass is 10.2. The summed E-state index contributed by atoms with van der Waals surface area (Å²) in [6.07, 6.45) is 5.38. The van der Waals surface area contributed by atoms with Crippen LogP contribution in [0, 0.1) is 0 Å². The number of anilines is 1. The van der Waals surface area contributed by atoms with Crippen molar-refractivity contribution in [3.05, 3.63) is 78.2 Å². The molecule has 1 aliphatic heterocycles. The second kappa shape index (κ2) is 8.42. The minimum Gasteiger partial charge on any atom is -0.378 e. The number of aromatic nitrogens is 4. The van der Waals surface area contributed by atoms with Crippen LogP contribution in [0.1, 0.15) is 11.3 Å². The number of hydrogen-bond acceptors (Lipinski definition) is 6. The fourth-order valence-corrected chi connectivity index (χ4v) is 3.55. The first-order chi connectivity index (χ1) is 14.9. The number of rotatable bonds is 5. The predicted molar refractivity (Wildman–Crippen MR) is 117 cm³/mol. The molecule has 0 saturated carbocycles. The SMILES string of the molecule is C(=NCc1cc(N2CCOCC2)n2nc(-c3ccccc3)cc2n1)c1cccnc1. The first-order valence-corrected chi connectivity index (χ1v) is 10.0. The molecule has 7 nitrogen and oxygen atoms in total. The molecule has 1 saturated heterocycles. The van der Waals surface area contributed by atoms with Crippen LogP contribution < -0.4 is 4.90 Å². The molecule has 0 unspecified atom stereocenters. The van der Waals surface area contributed by atoms with Crippen LogP contribution in [0.15, 0.2) is 72.0 Å². The molecule has 0 atom stereocenters. The van der Waals surface area contributed by atoms with Crippen molar-refractivity contribution in [2.24, 2.45) is 4.99 Å². The van der Waals surface area contributed by atoms with Crippen molar-refractivity contribution >= 4 is 17.7 Å². The van der Waals surface area contributed by atoms with Gasteiger partial charge in [0.25, 0.3) is 0 Å². The Morgan fingerprint density at radius 3 is 2.70 bits per heavy atom. The summed E-state index contributed by atoms with van der Waals surface area (Å²) in [6.45, 7) is 3.58. The number of fused-ring (bicyclic) bond motifs is 1. The van der Waals surface area contributed by atoms with Crippen molar-refractivity contribution in [3.8, 4) is 11.3 Å². The van der Waals surface area contributed by atoms with Gasteiger partial charge >= 0.3 is 0 Å². The van der Waals surface area contributed by atoms with Crippen LogP contribution in [0.3, 0.4) is 0 Å². The normalized spacial score (nSPS) is 14.6. The van der Waals surface area contributed by atoms with Crippen molar-refractivity contribution in [2.75, 3.05) is 31.2 Å². The van der Waals surface area contributed by atoms with E-state index in [1.165, 1.54) is 0 Å². The summed E-state index contributed by atoms with van der Waals surface area (Å²) in [6, 6.07) is 18.2. The van der Waals surface area contributed by atoms with E-state index < -0.39 is 0 Å². The van der Waals surface area contributed by atoms with Gasteiger partial charge in [-0.15, -0.1) is 0 Å². The number of ether oxygens (including phenoxy) is 1. The summed E-state index contributed by atoms with van der Waals surface area (Å²) < 4.78 is 7.47. The highest BCUT2D eigenvalue weighted by Crippen LogP contribution is 2.24. The molecule has 1 aliphatic rings. The molecule has 5 rings (SSSR count). The smallest absolute Gasteiger partial charge is 0.158 e. The maximum absolute atomic E-state index is 5.54. The van der Waals surface area contributed by atoms with E-state index in [0.717, 1.165) is 47.1 Å². The molecular formula is C23H22N6O. The summed E-state index contributed by atoms with van der Waals surface area (Å²) >= 11 is 0. The van der Waals surface area contributed by atoms with E-state index in [0.29, 0.717) is 19.8 Å². The highest BCUT2D eigenvalue weighted by molar-refractivity contribution is 5.78. The summed E-state index contributed by atoms with van der Waals surface area (Å²) in [5, 5.41) is 4.85. The van der Waals surface area contributed by atoms with Gasteiger partial charge in [0, 0.05) is 55.0 Å². The third-order valence-electron chi connectivity index (χ3n) is 5.04. The molecule has 4 heterocycles. The number of morpholine rings is 1. The zero-order chi connectivity index (χ0) is 20.2. The van der Waals surface area contributed by atoms with Gasteiger partial charge in [-0.3, -0.25) is 9.98 Å². The Morgan fingerprint density at radius 1 is 1.03 bits per heavy atom. The van der Waals surface area contributed by atoms with Crippen molar-refractivity contribution in [2.45, 2.75) is 6.54 Å². The van der Waals surface area contributed by atoms with Gasteiger partial charge in [-0.2, -0.15) is 9.61 Å². The lowest BCUT2D eigenvalue weighted by Gasteiger charge is -2.29. The van der Waals surface area contributed by atoms with E-state index in [9.17, 15) is 0 Å². The van der Waals surface area contributed by atoms with Gasteiger partial charge in [0.15, 0.2) is 5.65 Å². The van der Waals surface area contributed by atoms with E-state index in [4.69, 9.17) is 14.8 Å². The van der Waals surface area contributed by atoms with Crippen LogP contribution in [-0.4, -0.2) is 52.1 Å². The van der Waals surface area contributed by atoms with Gasteiger partial charge in [-0.05, 0) is 6.07 Å². The molecule has 0 aliphatic carbocycles. The van der Waals surface area contributed by atoms with Crippen molar-refractivity contribution in [1.29, 1.82) is 0 Å². The Bertz CT molecular complexity index is 1150. The number of benzene rings is 1. The molecule has 7 heteroatoms. The van der Waals surface area contributed by atoms with Crippen molar-refractivity contribution < 1.29 is 4.74 Å². The van der Waals surface area contributed by atoms with Gasteiger partial charge in [-0.25, -0.2) is 4.98 Å². The fourth-order valence-electron chi connectivity index (χ4n) is 3.55. The Labute approximate surface area is 174 Å². The molecular weight excluding hydrogens is 376 g/mol. The molecule has 1 aromatic carbocycles. The molecule has 3 aromatic heterocycles. The number of pyridine rings is 1. The van der Waals surface area contributed by atoms with Crippen LogP contribution in [0.5, 0.6) is 0 Å². The molecule has 0 spiro atoms. The lowest BCUT2D eigenvalue weighted by Crippen LogP contribution is -2.37. The van der Waals surface area contributed by atoms with Gasteiger partial charge < -0.3 is 9.64 Å². The molecule has 0 radical (unpaired) electrons. The lowest BCUT2D eigenvalue weighted by molar-refractivity contribution is 0.122. The summed E-state index contributed by atoms with van der Waals surface area (Å²) in [7, 11) is 0. The highest BCUT2D eigenvalue weighted by atomic mass is 16.5. The molecule has 0 N–H and O–H groups in total. The largest absolute Gasteiger partial charge is 0.378 e. The van der Waals surface area contributed by atoms with Crippen LogP contribution in [0.25, 0.3) is 16.9 Å². The van der Waals surface area contributed by atoms with Gasteiger partial charge in [0.2, 0.25) is 0 Å². The Balaban J connectivity index is 1.52. The van der Waals surface area contributed by atoms with E-state index in [1.54, 1.807) is 12.4 Å². The standard InChI is InChI=1S/C23H22N6O/c1-2-6-19(7-3-1)21-14-22-26-20(17-25-16-18-5-4-8-24-15-18)13-23(29(22)27-21)28-9-11-30-12-10-28/h1-8,13-16H,9-12,17H2. The van der Waals surface area contributed by atoms with Gasteiger partial charge in [0.05, 0.1) is 31.1 Å². The molecule has 4 aromatic rings. The average molecular weight is 398 g/mol. The molecule has 0 bridgehead atoms. The van der Waals surface area contributed by atoms with Crippen LogP contribution in [0.2, 0.25) is 0 Å². The van der Waals surface area contributed by atoms with E-state index in [1.807, 2.05) is 47.1 Å². The maximum atomic E-state index is 5.54. The second-order valence-electron chi connectivity index (χ2n) is 7.13. The monoisotopic (exact) mass is 398 g/mol. The molecule has 0 amide bonds. The van der Waals surface area contributed by atoms with Crippen molar-refractivity contribution in [1.82, 2.24) is 19.6 Å². The zero-order valence-corrected chi connectivity index (χ0v) is 16.6. The maximum Gasteiger partial charge on any atom is 0.158 e. The van der Waals surface area contributed by atoms with Gasteiger partial charge in [0.1, 0.15) is 5.82 Å². The van der Waals surface area contributed by atoms with Gasteiger partial charge in [-0.1, -0.05) is 36.4 Å². The Kier molecular flexibility index (Phi) is 5.18. The second-order valence-corrected chi connectivity index (χ2v) is 7.13. The first kappa shape index (κ1) is 18.4. The third-order valence-corrected chi connectivity index (χ3v) is 5.04. The van der Waals surface area contributed by atoms with Crippen molar-refractivity contribution in [3.63, 3.8) is 0 Å². The van der Waals surface area contributed by atoms with Crippen LogP contribution in [-0.2, 0) is 11.3 Å². The molecule has 1 fully saturated rings. The topological polar surface area (TPSA) is 67.9 Å². The average Bonchev–Trinajstić information content (AvgIpc) is 3.25. The Morgan fingerprint density at radius 2 is 1.90 bits per heavy atom. The number of aliphatic imine (C=N–C) groups is 1. The minimum atomic E-state index is 0.495. The van der Waals surface area contributed by atoms with E-state index in [-0.39, 0.29) is 0 Å². The minimum absolute atomic E-state index is 0.495. The third kappa shape index (κ3) is 3.92. The summed E-state index contributed by atoms with van der Waals surface area (Å²) in [4.78, 5) is 15.8. The quantitative estimate of drug-likeness (QED) is 0.483. The predicted octanol–water partition coefficient (Wildman–Crippen LogP) is 3.25. The highest BCUT2D eigenvalue weighted by Gasteiger charge is 2.18. The number of nitrogens with zero attached hydrogens (tertiary/aromatic N) is 6. The molecule has 150 valence electrons. The first-order valence-electron chi connectivity index (χ1n) is 10.0. The van der Waals surface area contributed by atoms with E-state index in [2.05, 4.69) is 33.1 Å². The van der Waals surface area contributed by atoms with Crippen LogP contribution >= 0.6 is 0 Å². The fraction of sp³-hybridized carbons (Fsp3) is 0.217. The molecule has 30 heavy (non-hydrogen) atoms.